The van der Waals surface area contributed by atoms with Crippen LogP contribution in [0.15, 0.2) is 183 Å². The molecule has 0 bridgehead atoms. The summed E-state index contributed by atoms with van der Waals surface area (Å²) in [7, 11) is 0. The lowest BCUT2D eigenvalue weighted by atomic mass is 9.66. The normalized spacial score (nSPS) is 15.9. The highest BCUT2D eigenvalue weighted by Gasteiger charge is 2.36. The fourth-order valence-electron chi connectivity index (χ4n) is 9.19. The molecule has 59 heavy (non-hydrogen) atoms. The van der Waals surface area contributed by atoms with Gasteiger partial charge in [-0.15, -0.1) is 0 Å². The van der Waals surface area contributed by atoms with Crippen molar-refractivity contribution in [2.45, 2.75) is 124 Å². The Labute approximate surface area is 360 Å². The van der Waals surface area contributed by atoms with Crippen LogP contribution in [0.5, 0.6) is 0 Å². The van der Waals surface area contributed by atoms with E-state index in [1.807, 2.05) is 24.3 Å². The highest BCUT2D eigenvalue weighted by Crippen LogP contribution is 2.49. The van der Waals surface area contributed by atoms with Crippen LogP contribution < -0.4 is 0 Å². The fraction of sp³-hybridized carbons (Fsp3) is 0.322. The number of benzene rings is 4. The summed E-state index contributed by atoms with van der Waals surface area (Å²) in [6.07, 6.45) is 19.9. The average molecular weight is 781 g/mol. The predicted molar refractivity (Wildman–Crippen MR) is 262 cm³/mol. The van der Waals surface area contributed by atoms with Gasteiger partial charge in [-0.3, -0.25) is 0 Å². The molecule has 6 atom stereocenters. The molecule has 6 unspecified atom stereocenters. The molecule has 0 aliphatic carbocycles. The molecule has 0 amide bonds. The van der Waals surface area contributed by atoms with Crippen molar-refractivity contribution >= 4 is 0 Å². The Morgan fingerprint density at radius 3 is 1.47 bits per heavy atom. The van der Waals surface area contributed by atoms with Gasteiger partial charge in [0.2, 0.25) is 0 Å². The van der Waals surface area contributed by atoms with Crippen molar-refractivity contribution in [2.24, 2.45) is 0 Å². The van der Waals surface area contributed by atoms with Gasteiger partial charge in [-0.1, -0.05) is 228 Å². The van der Waals surface area contributed by atoms with Crippen LogP contribution in [0.1, 0.15) is 174 Å². The topological polar surface area (TPSA) is 0 Å². The van der Waals surface area contributed by atoms with E-state index in [0.717, 1.165) is 12.0 Å². The molecule has 0 N–H and O–H groups in total. The fourth-order valence-corrected chi connectivity index (χ4v) is 9.19. The van der Waals surface area contributed by atoms with Gasteiger partial charge in [-0.2, -0.15) is 0 Å². The Bertz CT molecular complexity index is 2200. The van der Waals surface area contributed by atoms with E-state index in [9.17, 15) is 0 Å². The summed E-state index contributed by atoms with van der Waals surface area (Å²) < 4.78 is 0. The summed E-state index contributed by atoms with van der Waals surface area (Å²) in [5, 5.41) is 0. The Balaban J connectivity index is 2.28. The predicted octanol–water partition coefficient (Wildman–Crippen LogP) is 17.3. The molecule has 308 valence electrons. The van der Waals surface area contributed by atoms with Crippen LogP contribution in [0.2, 0.25) is 0 Å². The van der Waals surface area contributed by atoms with Crippen LogP contribution in [0, 0.1) is 0 Å². The zero-order valence-corrected chi connectivity index (χ0v) is 38.3. The maximum Gasteiger partial charge on any atom is 0.0152 e. The van der Waals surface area contributed by atoms with Crippen molar-refractivity contribution in [3.63, 3.8) is 0 Å². The molecule has 4 aromatic carbocycles. The van der Waals surface area contributed by atoms with E-state index in [0.29, 0.717) is 5.92 Å². The van der Waals surface area contributed by atoms with Crippen molar-refractivity contribution < 1.29 is 0 Å². The average Bonchev–Trinajstić information content (AvgIpc) is 3.27. The van der Waals surface area contributed by atoms with Crippen LogP contribution in [0.4, 0.5) is 0 Å². The molecule has 4 aromatic rings. The molecule has 0 aliphatic heterocycles. The van der Waals surface area contributed by atoms with Gasteiger partial charge in [-0.05, 0) is 98.5 Å². The molecule has 0 saturated heterocycles. The van der Waals surface area contributed by atoms with Gasteiger partial charge in [0.15, 0.2) is 0 Å². The van der Waals surface area contributed by atoms with Gasteiger partial charge in [0.25, 0.3) is 0 Å². The van der Waals surface area contributed by atoms with Crippen molar-refractivity contribution in [3.05, 3.63) is 238 Å². The van der Waals surface area contributed by atoms with Crippen LogP contribution in [0.25, 0.3) is 0 Å². The molecular weight excluding hydrogens is 709 g/mol. The van der Waals surface area contributed by atoms with Crippen LogP contribution >= 0.6 is 0 Å². The molecule has 0 aliphatic rings. The molecule has 4 rings (SSSR count). The van der Waals surface area contributed by atoms with Crippen molar-refractivity contribution in [3.8, 4) is 0 Å². The number of hydrogen-bond donors (Lipinski definition) is 0. The lowest BCUT2D eigenvalue weighted by Crippen LogP contribution is -2.27. The SMILES string of the molecule is C=C/C=C(\C=C)C(C)c1cc(C(C)(C)c2c(C(C)/C(C=C)=C/C=C)cc(C(C)c3ccccc3)cc2C(C)c2ccccc2)cc(C(C)C(/C=C\C)=C/C)c1C(C)CC. The summed E-state index contributed by atoms with van der Waals surface area (Å²) in [5.74, 6) is 1.07. The lowest BCUT2D eigenvalue weighted by molar-refractivity contribution is 0.604. The zero-order chi connectivity index (χ0) is 43.4. The standard InChI is InChI=1S/C59H72/c1-16-29-46(20-5)42(10)53-38-52(39-54(57(53)40(8)19-4)43(11)47(21-6)30-17-2)59(14,15)58-55(44(12)48(22-7)31-18-3)36-51(41(9)49-32-25-23-26-33-49)37-56(58)45(13)50-34-27-24-28-35-50/h16-18,20-45H,1,3,5,7,19H2,2,4,6,8-15H3/b30-17-,46-29+,47-21+,48-31+. The van der Waals surface area contributed by atoms with E-state index in [1.165, 1.54) is 66.8 Å². The Morgan fingerprint density at radius 1 is 0.576 bits per heavy atom. The van der Waals surface area contributed by atoms with E-state index in [2.05, 4.69) is 218 Å². The number of rotatable bonds is 19. The summed E-state index contributed by atoms with van der Waals surface area (Å²) in [4.78, 5) is 0. The third kappa shape index (κ3) is 10.2. The zero-order valence-electron chi connectivity index (χ0n) is 38.3. The Kier molecular flexibility index (Phi) is 16.7. The summed E-state index contributed by atoms with van der Waals surface area (Å²) in [6, 6.07) is 32.1. The minimum absolute atomic E-state index is 0.0628. The van der Waals surface area contributed by atoms with E-state index in [-0.39, 0.29) is 29.6 Å². The molecular formula is C59H72. The van der Waals surface area contributed by atoms with Gasteiger partial charge in [0.1, 0.15) is 0 Å². The molecule has 0 nitrogen and oxygen atoms in total. The summed E-state index contributed by atoms with van der Waals surface area (Å²) in [6.45, 7) is 42.6. The highest BCUT2D eigenvalue weighted by molar-refractivity contribution is 5.60. The minimum atomic E-state index is -0.416. The maximum absolute atomic E-state index is 4.31. The van der Waals surface area contributed by atoms with Gasteiger partial charge in [-0.25, -0.2) is 0 Å². The molecule has 0 aromatic heterocycles. The molecule has 0 heteroatoms. The second-order valence-electron chi connectivity index (χ2n) is 17.0. The molecule has 0 fully saturated rings. The third-order valence-electron chi connectivity index (χ3n) is 13.2. The molecule has 0 saturated carbocycles. The van der Waals surface area contributed by atoms with Crippen molar-refractivity contribution in [1.82, 2.24) is 0 Å². The molecule has 0 radical (unpaired) electrons. The smallest absolute Gasteiger partial charge is 0.0152 e. The van der Waals surface area contributed by atoms with E-state index in [1.54, 1.807) is 0 Å². The first kappa shape index (κ1) is 46.5. The Hall–Kier alpha value is -5.20. The summed E-state index contributed by atoms with van der Waals surface area (Å²) >= 11 is 0. The third-order valence-corrected chi connectivity index (χ3v) is 13.2. The van der Waals surface area contributed by atoms with E-state index in [4.69, 9.17) is 0 Å². The van der Waals surface area contributed by atoms with Crippen molar-refractivity contribution in [2.75, 3.05) is 0 Å². The van der Waals surface area contributed by atoms with Crippen LogP contribution in [-0.4, -0.2) is 0 Å². The van der Waals surface area contributed by atoms with E-state index < -0.39 is 5.41 Å². The van der Waals surface area contributed by atoms with Crippen molar-refractivity contribution in [1.29, 1.82) is 0 Å². The van der Waals surface area contributed by atoms with Crippen LogP contribution in [-0.2, 0) is 5.41 Å². The first-order valence-electron chi connectivity index (χ1n) is 21.9. The van der Waals surface area contributed by atoms with Gasteiger partial charge >= 0.3 is 0 Å². The number of hydrogen-bond acceptors (Lipinski definition) is 0. The monoisotopic (exact) mass is 781 g/mol. The first-order chi connectivity index (χ1) is 28.2. The first-order valence-corrected chi connectivity index (χ1v) is 21.9. The lowest BCUT2D eigenvalue weighted by Gasteiger charge is -2.38. The maximum atomic E-state index is 4.31. The number of allylic oxidation sites excluding steroid dienone is 12. The quantitative estimate of drug-likeness (QED) is 0.0832. The van der Waals surface area contributed by atoms with Crippen LogP contribution in [0.3, 0.4) is 0 Å². The largest absolute Gasteiger partial charge is 0.0991 e. The molecule has 0 spiro atoms. The van der Waals surface area contributed by atoms with Gasteiger partial charge in [0.05, 0.1) is 0 Å². The minimum Gasteiger partial charge on any atom is -0.0991 e. The summed E-state index contributed by atoms with van der Waals surface area (Å²) in [5.41, 5.74) is 16.8. The second kappa shape index (κ2) is 21.2. The molecule has 0 heterocycles. The van der Waals surface area contributed by atoms with Gasteiger partial charge in [0, 0.05) is 35.0 Å². The second-order valence-corrected chi connectivity index (χ2v) is 17.0. The van der Waals surface area contributed by atoms with Gasteiger partial charge < -0.3 is 0 Å². The highest BCUT2D eigenvalue weighted by atomic mass is 14.4. The Morgan fingerprint density at radius 2 is 1.03 bits per heavy atom. The van der Waals surface area contributed by atoms with E-state index >= 15 is 0 Å².